The van der Waals surface area contributed by atoms with Gasteiger partial charge in [0.25, 0.3) is 5.91 Å². The summed E-state index contributed by atoms with van der Waals surface area (Å²) in [5, 5.41) is 5.51. The Kier molecular flexibility index (Phi) is 6.46. The predicted molar refractivity (Wildman–Crippen MR) is 102 cm³/mol. The van der Waals surface area contributed by atoms with Crippen LogP contribution in [0.5, 0.6) is 0 Å². The van der Waals surface area contributed by atoms with Gasteiger partial charge in [-0.3, -0.25) is 9.69 Å². The number of benzene rings is 1. The molecule has 4 amide bonds. The highest BCUT2D eigenvalue weighted by Gasteiger charge is 2.40. The fraction of sp³-hybridized carbons (Fsp3) is 0.550. The maximum atomic E-state index is 12.6. The van der Waals surface area contributed by atoms with Gasteiger partial charge in [-0.1, -0.05) is 44.2 Å². The lowest BCUT2D eigenvalue weighted by Crippen LogP contribution is -2.48. The van der Waals surface area contributed by atoms with Gasteiger partial charge in [-0.15, -0.1) is 0 Å². The molecule has 0 unspecified atom stereocenters. The minimum Gasteiger partial charge on any atom is -0.444 e. The molecule has 1 aromatic rings. The number of nitrogens with zero attached hydrogens (tertiary/aromatic N) is 1. The molecule has 7 heteroatoms. The Morgan fingerprint density at radius 1 is 1.22 bits per heavy atom. The molecule has 1 saturated heterocycles. The second-order valence-corrected chi connectivity index (χ2v) is 8.15. The summed E-state index contributed by atoms with van der Waals surface area (Å²) in [6.07, 6.45) is -0.0976. The third-order valence-electron chi connectivity index (χ3n) is 4.17. The number of urea groups is 1. The van der Waals surface area contributed by atoms with Crippen molar-refractivity contribution in [2.45, 2.75) is 58.7 Å². The Hall–Kier alpha value is -2.57. The molecule has 2 N–H and O–H groups in total. The fourth-order valence-electron chi connectivity index (χ4n) is 2.92. The first-order chi connectivity index (χ1) is 12.6. The van der Waals surface area contributed by atoms with Crippen molar-refractivity contribution in [2.24, 2.45) is 5.92 Å². The summed E-state index contributed by atoms with van der Waals surface area (Å²) >= 11 is 0. The molecular weight excluding hydrogens is 346 g/mol. The Morgan fingerprint density at radius 2 is 1.85 bits per heavy atom. The predicted octanol–water partition coefficient (Wildman–Crippen LogP) is 2.70. The van der Waals surface area contributed by atoms with E-state index in [0.29, 0.717) is 6.42 Å². The van der Waals surface area contributed by atoms with Crippen molar-refractivity contribution in [2.75, 3.05) is 6.54 Å². The molecule has 1 aromatic carbocycles. The average Bonchev–Trinajstić information content (AvgIpc) is 2.82. The van der Waals surface area contributed by atoms with E-state index in [0.717, 1.165) is 5.56 Å². The van der Waals surface area contributed by atoms with Gasteiger partial charge < -0.3 is 15.4 Å². The van der Waals surface area contributed by atoms with Crippen LogP contribution in [-0.4, -0.2) is 47.2 Å². The van der Waals surface area contributed by atoms with Gasteiger partial charge >= 0.3 is 12.1 Å². The molecule has 7 nitrogen and oxygen atoms in total. The second kappa shape index (κ2) is 8.41. The number of amides is 4. The number of nitrogens with one attached hydrogen (secondary N) is 2. The maximum Gasteiger partial charge on any atom is 0.407 e. The van der Waals surface area contributed by atoms with Crippen LogP contribution in [0, 0.1) is 5.92 Å². The average molecular weight is 375 g/mol. The van der Waals surface area contributed by atoms with Gasteiger partial charge in [0.05, 0.1) is 12.6 Å². The summed E-state index contributed by atoms with van der Waals surface area (Å²) in [4.78, 5) is 38.2. The zero-order chi connectivity index (χ0) is 20.2. The molecule has 27 heavy (non-hydrogen) atoms. The van der Waals surface area contributed by atoms with Crippen molar-refractivity contribution in [3.05, 3.63) is 35.9 Å². The largest absolute Gasteiger partial charge is 0.444 e. The highest BCUT2D eigenvalue weighted by atomic mass is 16.6. The van der Waals surface area contributed by atoms with Gasteiger partial charge in [-0.25, -0.2) is 9.59 Å². The van der Waals surface area contributed by atoms with Crippen molar-refractivity contribution in [1.82, 2.24) is 15.5 Å². The van der Waals surface area contributed by atoms with Crippen molar-refractivity contribution in [1.29, 1.82) is 0 Å². The Bertz CT molecular complexity index is 682. The second-order valence-electron chi connectivity index (χ2n) is 8.15. The molecule has 1 heterocycles. The van der Waals surface area contributed by atoms with Gasteiger partial charge in [-0.2, -0.15) is 0 Å². The highest BCUT2D eigenvalue weighted by Crippen LogP contribution is 2.16. The van der Waals surface area contributed by atoms with E-state index in [1.807, 2.05) is 44.2 Å². The summed E-state index contributed by atoms with van der Waals surface area (Å²) in [7, 11) is 0. The molecule has 148 valence electrons. The standard InChI is InChI=1S/C20H29N3O4/c1-13(2)16-17(24)23(18(25)22-16)12-15(11-14-9-7-6-8-10-14)21-19(26)27-20(3,4)5/h6-10,13,15-16H,11-12H2,1-5H3,(H,21,26)(H,22,25)/t15-,16-/m0/s1. The molecule has 0 spiro atoms. The molecule has 1 fully saturated rings. The number of carbonyl (C=O) groups is 3. The van der Waals surface area contributed by atoms with E-state index >= 15 is 0 Å². The first-order valence-electron chi connectivity index (χ1n) is 9.22. The first-order valence-corrected chi connectivity index (χ1v) is 9.22. The van der Waals surface area contributed by atoms with Gasteiger partial charge in [0.2, 0.25) is 0 Å². The molecule has 2 atom stereocenters. The third kappa shape index (κ3) is 5.98. The summed E-state index contributed by atoms with van der Waals surface area (Å²) < 4.78 is 5.33. The van der Waals surface area contributed by atoms with Crippen molar-refractivity contribution in [3.8, 4) is 0 Å². The molecule has 0 aromatic heterocycles. The Labute approximate surface area is 160 Å². The molecule has 0 bridgehead atoms. The van der Waals surface area contributed by atoms with Crippen molar-refractivity contribution in [3.63, 3.8) is 0 Å². The number of carbonyl (C=O) groups excluding carboxylic acids is 3. The molecule has 1 aliphatic heterocycles. The number of rotatable bonds is 6. The smallest absolute Gasteiger partial charge is 0.407 e. The van der Waals surface area contributed by atoms with Crippen LogP contribution >= 0.6 is 0 Å². The SMILES string of the molecule is CC(C)[C@@H]1NC(=O)N(C[C@H](Cc2ccccc2)NC(=O)OC(C)(C)C)C1=O. The van der Waals surface area contributed by atoms with Crippen LogP contribution < -0.4 is 10.6 Å². The zero-order valence-corrected chi connectivity index (χ0v) is 16.6. The summed E-state index contributed by atoms with van der Waals surface area (Å²) in [6, 6.07) is 8.18. The minimum atomic E-state index is -0.634. The lowest BCUT2D eigenvalue weighted by Gasteiger charge is -2.26. The van der Waals surface area contributed by atoms with Crippen LogP contribution in [0.15, 0.2) is 30.3 Å². The molecule has 1 aliphatic rings. The number of hydrogen-bond donors (Lipinski definition) is 2. The van der Waals surface area contributed by atoms with Crippen LogP contribution in [0.1, 0.15) is 40.2 Å². The zero-order valence-electron chi connectivity index (χ0n) is 16.6. The van der Waals surface area contributed by atoms with Gasteiger partial charge in [-0.05, 0) is 38.7 Å². The Morgan fingerprint density at radius 3 is 2.37 bits per heavy atom. The topological polar surface area (TPSA) is 87.7 Å². The molecular formula is C20H29N3O4. The summed E-state index contributed by atoms with van der Waals surface area (Å²) in [5.41, 5.74) is 0.358. The van der Waals surface area contributed by atoms with Gasteiger partial charge in [0.15, 0.2) is 0 Å². The number of hydrogen-bond acceptors (Lipinski definition) is 4. The van der Waals surface area contributed by atoms with Crippen molar-refractivity contribution >= 4 is 18.0 Å². The van der Waals surface area contributed by atoms with Crippen LogP contribution in [0.4, 0.5) is 9.59 Å². The van der Waals surface area contributed by atoms with Crippen LogP contribution in [-0.2, 0) is 16.0 Å². The third-order valence-corrected chi connectivity index (χ3v) is 4.17. The molecule has 2 rings (SSSR count). The molecule has 0 radical (unpaired) electrons. The van der Waals surface area contributed by atoms with E-state index in [2.05, 4.69) is 10.6 Å². The lowest BCUT2D eigenvalue weighted by molar-refractivity contribution is -0.128. The minimum absolute atomic E-state index is 0.00200. The molecule has 0 saturated carbocycles. The monoisotopic (exact) mass is 375 g/mol. The maximum absolute atomic E-state index is 12.6. The quantitative estimate of drug-likeness (QED) is 0.749. The van der Waals surface area contributed by atoms with E-state index in [-0.39, 0.29) is 18.4 Å². The van der Waals surface area contributed by atoms with E-state index in [4.69, 9.17) is 4.74 Å². The number of imide groups is 1. The Balaban J connectivity index is 2.13. The first kappa shape index (κ1) is 20.7. The van der Waals surface area contributed by atoms with Crippen LogP contribution in [0.3, 0.4) is 0 Å². The lowest BCUT2D eigenvalue weighted by atomic mass is 10.0. The number of ether oxygens (including phenoxy) is 1. The van der Waals surface area contributed by atoms with E-state index in [1.165, 1.54) is 4.90 Å². The van der Waals surface area contributed by atoms with E-state index in [9.17, 15) is 14.4 Å². The summed E-state index contributed by atoms with van der Waals surface area (Å²) in [6.45, 7) is 9.19. The fourth-order valence-corrected chi connectivity index (χ4v) is 2.92. The summed E-state index contributed by atoms with van der Waals surface area (Å²) in [5.74, 6) is -0.267. The van der Waals surface area contributed by atoms with Crippen LogP contribution in [0.25, 0.3) is 0 Å². The van der Waals surface area contributed by atoms with Crippen LogP contribution in [0.2, 0.25) is 0 Å². The van der Waals surface area contributed by atoms with Gasteiger partial charge in [0.1, 0.15) is 11.6 Å². The van der Waals surface area contributed by atoms with E-state index < -0.39 is 29.8 Å². The van der Waals surface area contributed by atoms with Gasteiger partial charge in [0, 0.05) is 0 Å². The number of alkyl carbamates (subject to hydrolysis) is 1. The normalized spacial score (nSPS) is 18.4. The molecule has 0 aliphatic carbocycles. The highest BCUT2D eigenvalue weighted by molar-refractivity contribution is 6.04. The van der Waals surface area contributed by atoms with E-state index in [1.54, 1.807) is 20.8 Å². The van der Waals surface area contributed by atoms with Crippen molar-refractivity contribution < 1.29 is 19.1 Å².